The second-order valence-electron chi connectivity index (χ2n) is 17.7. The number of thiazole rings is 1. The largest absolute Gasteiger partial charge is 0.455 e. The normalized spacial score (nSPS) is 18.0. The van der Waals surface area contributed by atoms with Crippen molar-refractivity contribution in [3.63, 3.8) is 0 Å². The fraction of sp³-hybridized carbons (Fsp3) is 0.633. The Kier molecular flexibility index (Phi) is 22.7. The smallest absolute Gasteiger partial charge is 0.308 e. The number of rotatable bonds is 29. The maximum Gasteiger partial charge on any atom is 0.308 e. The summed E-state index contributed by atoms with van der Waals surface area (Å²) in [6.07, 6.45) is 4.67. The number of piperidine rings is 1. The Morgan fingerprint density at radius 2 is 1.54 bits per heavy atom. The molecule has 0 bridgehead atoms. The number of ketones is 1. The number of hydrogen-bond acceptors (Lipinski definition) is 15. The second kappa shape index (κ2) is 27.8. The lowest BCUT2D eigenvalue weighted by Gasteiger charge is -2.37. The molecule has 17 nitrogen and oxygen atoms in total. The summed E-state index contributed by atoms with van der Waals surface area (Å²) in [5, 5.41) is 4.90. The Hall–Kier alpha value is -4.88. The van der Waals surface area contributed by atoms with Gasteiger partial charge in [0.2, 0.25) is 5.91 Å². The number of Topliss-reactive ketones (excluding diaryl/α,β-unsaturated/α-hetero) is 1. The molecular formula is C49H71N5O12S. The number of imide groups is 1. The maximum absolute atomic E-state index is 14.4. The van der Waals surface area contributed by atoms with E-state index in [9.17, 15) is 33.6 Å². The Labute approximate surface area is 399 Å². The van der Waals surface area contributed by atoms with Crippen molar-refractivity contribution < 1.29 is 57.2 Å². The first kappa shape index (κ1) is 54.7. The van der Waals surface area contributed by atoms with E-state index in [0.717, 1.165) is 37.1 Å². The minimum atomic E-state index is -0.861. The zero-order valence-corrected chi connectivity index (χ0v) is 41.3. The third-order valence-electron chi connectivity index (χ3n) is 12.4. The molecule has 1 N–H and O–H groups in total. The molecule has 2 aromatic rings. The third kappa shape index (κ3) is 17.0. The van der Waals surface area contributed by atoms with Gasteiger partial charge < -0.3 is 33.9 Å². The van der Waals surface area contributed by atoms with E-state index in [1.54, 1.807) is 36.4 Å². The summed E-state index contributed by atoms with van der Waals surface area (Å²) in [5.41, 5.74) is 0.759. The van der Waals surface area contributed by atoms with Crippen LogP contribution >= 0.6 is 11.3 Å². The lowest BCUT2D eigenvalue weighted by molar-refractivity contribution is -0.152. The van der Waals surface area contributed by atoms with Gasteiger partial charge in [-0.15, -0.1) is 11.3 Å². The highest BCUT2D eigenvalue weighted by Crippen LogP contribution is 2.33. The van der Waals surface area contributed by atoms with Gasteiger partial charge in [-0.3, -0.25) is 43.4 Å². The van der Waals surface area contributed by atoms with Crippen LogP contribution < -0.4 is 5.32 Å². The molecule has 0 radical (unpaired) electrons. The van der Waals surface area contributed by atoms with Gasteiger partial charge in [0.1, 0.15) is 16.8 Å². The summed E-state index contributed by atoms with van der Waals surface area (Å²) in [6, 6.07) is 7.79. The minimum Gasteiger partial charge on any atom is -0.455 e. The predicted molar refractivity (Wildman–Crippen MR) is 251 cm³/mol. The van der Waals surface area contributed by atoms with Gasteiger partial charge in [0, 0.05) is 56.3 Å². The molecule has 4 rings (SSSR count). The maximum atomic E-state index is 14.4. The third-order valence-corrected chi connectivity index (χ3v) is 13.3. The fourth-order valence-corrected chi connectivity index (χ4v) is 9.11. The molecule has 2 aliphatic rings. The van der Waals surface area contributed by atoms with E-state index in [2.05, 4.69) is 15.2 Å². The average Bonchev–Trinajstić information content (AvgIpc) is 3.93. The summed E-state index contributed by atoms with van der Waals surface area (Å²) in [6.45, 7) is 13.4. The summed E-state index contributed by atoms with van der Waals surface area (Å²) in [5.74, 6) is -2.90. The van der Waals surface area contributed by atoms with Crippen molar-refractivity contribution in [1.29, 1.82) is 0 Å². The van der Waals surface area contributed by atoms with Gasteiger partial charge in [0.25, 0.3) is 17.7 Å². The molecule has 0 saturated carbocycles. The zero-order valence-electron chi connectivity index (χ0n) is 40.4. The van der Waals surface area contributed by atoms with Crippen LogP contribution in [0.3, 0.4) is 0 Å². The molecule has 1 unspecified atom stereocenters. The van der Waals surface area contributed by atoms with Gasteiger partial charge in [-0.25, -0.2) is 4.98 Å². The highest BCUT2D eigenvalue weighted by atomic mass is 32.1. The van der Waals surface area contributed by atoms with Crippen LogP contribution in [0.15, 0.2) is 47.9 Å². The van der Waals surface area contributed by atoms with Gasteiger partial charge in [-0.2, -0.15) is 0 Å². The summed E-state index contributed by atoms with van der Waals surface area (Å²) < 4.78 is 28.2. The van der Waals surface area contributed by atoms with Crippen molar-refractivity contribution in [3.8, 4) is 0 Å². The summed E-state index contributed by atoms with van der Waals surface area (Å²) >= 11 is 1.17. The predicted octanol–water partition coefficient (Wildman–Crippen LogP) is 5.49. The highest BCUT2D eigenvalue weighted by molar-refractivity contribution is 7.09. The number of esters is 2. The van der Waals surface area contributed by atoms with Gasteiger partial charge in [-0.1, -0.05) is 70.9 Å². The molecule has 4 amide bonds. The van der Waals surface area contributed by atoms with Crippen LogP contribution in [-0.2, 0) is 52.5 Å². The van der Waals surface area contributed by atoms with Crippen molar-refractivity contribution >= 4 is 52.7 Å². The Balaban J connectivity index is 1.31. The van der Waals surface area contributed by atoms with Gasteiger partial charge in [0.15, 0.2) is 11.9 Å². The summed E-state index contributed by atoms with van der Waals surface area (Å²) in [4.78, 5) is 99.9. The lowest BCUT2D eigenvalue weighted by Crippen LogP contribution is -2.48. The number of nitrogens with one attached hydrogen (secondary N) is 1. The molecule has 1 fully saturated rings. The van der Waals surface area contributed by atoms with Crippen LogP contribution in [0, 0.1) is 17.8 Å². The topological polar surface area (TPSA) is 200 Å². The van der Waals surface area contributed by atoms with E-state index in [1.165, 1.54) is 30.4 Å². The quantitative estimate of drug-likeness (QED) is 0.0610. The second-order valence-corrected chi connectivity index (χ2v) is 18.5. The van der Waals surface area contributed by atoms with Gasteiger partial charge in [0.05, 0.1) is 64.7 Å². The molecule has 3 heterocycles. The van der Waals surface area contributed by atoms with E-state index in [0.29, 0.717) is 10.6 Å². The standard InChI is InChI=1S/C49H71N5O12S/c1-9-33(4)37(29-41(56)39-17-13-14-21-52(39)7)49(61)53(8)40(32(2)3)30-42(65-35(6)55)48-51-38(31-67-48)47(60)50-34(5)46(36-15-11-10-12-16-36)66-45(59)20-23-62-25-27-64-28-26-63-24-22-54-43(57)18-19-44(54)58/h10-12,15-16,18-19,31-34,37,39-40,42,46H,9,13-14,17,20-30H2,1-8H3,(H,50,60)/t33-,34+,37-,39+,40+,42+,46?/m0/s1. The van der Waals surface area contributed by atoms with Crippen LogP contribution in [0.5, 0.6) is 0 Å². The zero-order chi connectivity index (χ0) is 49.0. The van der Waals surface area contributed by atoms with E-state index in [-0.39, 0.29) is 119 Å². The lowest BCUT2D eigenvalue weighted by atomic mass is 9.83. The van der Waals surface area contributed by atoms with Crippen molar-refractivity contribution in [1.82, 2.24) is 25.0 Å². The number of aromatic nitrogens is 1. The van der Waals surface area contributed by atoms with Crippen LogP contribution in [0.25, 0.3) is 0 Å². The number of carbonyl (C=O) groups is 7. The highest BCUT2D eigenvalue weighted by Gasteiger charge is 2.38. The summed E-state index contributed by atoms with van der Waals surface area (Å²) in [7, 11) is 3.72. The first-order valence-corrected chi connectivity index (χ1v) is 24.3. The molecule has 67 heavy (non-hydrogen) atoms. The molecule has 1 aromatic carbocycles. The number of nitrogens with zero attached hydrogens (tertiary/aromatic N) is 4. The van der Waals surface area contributed by atoms with E-state index in [4.69, 9.17) is 23.7 Å². The number of benzene rings is 1. The molecule has 0 aliphatic carbocycles. The van der Waals surface area contributed by atoms with E-state index in [1.807, 2.05) is 52.9 Å². The van der Waals surface area contributed by atoms with Crippen LogP contribution in [0.4, 0.5) is 0 Å². The van der Waals surface area contributed by atoms with Crippen molar-refractivity contribution in [2.45, 2.75) is 117 Å². The van der Waals surface area contributed by atoms with Crippen molar-refractivity contribution in [2.75, 3.05) is 66.8 Å². The van der Waals surface area contributed by atoms with Crippen molar-refractivity contribution in [3.05, 3.63) is 64.1 Å². The fourth-order valence-electron chi connectivity index (χ4n) is 8.28. The molecule has 370 valence electrons. The molecule has 18 heteroatoms. The van der Waals surface area contributed by atoms with Gasteiger partial charge >= 0.3 is 11.9 Å². The van der Waals surface area contributed by atoms with Crippen LogP contribution in [0.2, 0.25) is 0 Å². The Morgan fingerprint density at radius 3 is 2.15 bits per heavy atom. The number of carbonyl (C=O) groups excluding carboxylic acids is 7. The average molecular weight is 954 g/mol. The molecular weight excluding hydrogens is 883 g/mol. The number of likely N-dealkylation sites (tertiary alicyclic amines) is 1. The first-order chi connectivity index (χ1) is 32.0. The van der Waals surface area contributed by atoms with Crippen LogP contribution in [-0.4, -0.2) is 146 Å². The first-order valence-electron chi connectivity index (χ1n) is 23.5. The van der Waals surface area contributed by atoms with Crippen molar-refractivity contribution in [2.24, 2.45) is 17.8 Å². The number of amides is 4. The Bertz CT molecular complexity index is 1960. The number of likely N-dealkylation sites (N-methyl/N-ethyl adjacent to an activating group) is 1. The minimum absolute atomic E-state index is 0.0260. The van der Waals surface area contributed by atoms with Crippen LogP contribution in [0.1, 0.15) is 120 Å². The molecule has 1 saturated heterocycles. The molecule has 7 atom stereocenters. The van der Waals surface area contributed by atoms with E-state index >= 15 is 0 Å². The molecule has 0 spiro atoms. The SMILES string of the molecule is CC[C@H](C)[C@H](CC(=O)[C@H]1CCCCN1C)C(=O)N(C)[C@H](C[C@@H](OC(C)=O)c1nc(C(=O)N[C@H](C)C(OC(=O)CCOCCOCCOCCN2C(=O)C=CC2=O)c2ccccc2)cs1)C(C)C. The molecule has 1 aromatic heterocycles. The van der Waals surface area contributed by atoms with E-state index < -0.39 is 42.0 Å². The van der Waals surface area contributed by atoms with Gasteiger partial charge in [-0.05, 0) is 50.8 Å². The number of hydrogen-bond donors (Lipinski definition) is 1. The Morgan fingerprint density at radius 1 is 0.896 bits per heavy atom. The molecule has 2 aliphatic heterocycles. The monoisotopic (exact) mass is 953 g/mol. The number of ether oxygens (including phenoxy) is 5.